The third-order valence-corrected chi connectivity index (χ3v) is 5.49. The van der Waals surface area contributed by atoms with Gasteiger partial charge in [-0.2, -0.15) is 15.3 Å². The predicted molar refractivity (Wildman–Crippen MR) is 107 cm³/mol. The van der Waals surface area contributed by atoms with Crippen LogP contribution in [-0.4, -0.2) is 35.1 Å². The number of aliphatic hydroxyl groups excluding tert-OH is 1. The summed E-state index contributed by atoms with van der Waals surface area (Å²) in [5.74, 6) is -2.36. The van der Waals surface area contributed by atoms with Crippen molar-refractivity contribution in [1.29, 1.82) is 0 Å². The van der Waals surface area contributed by atoms with E-state index in [2.05, 4.69) is 25.3 Å². The Morgan fingerprint density at radius 3 is 2.59 bits per heavy atom. The lowest BCUT2D eigenvalue weighted by Crippen LogP contribution is -2.18. The van der Waals surface area contributed by atoms with Gasteiger partial charge in [-0.3, -0.25) is 0 Å². The fraction of sp³-hybridized carbons (Fsp3) is 0.227. The smallest absolute Gasteiger partial charge is 0.250 e. The highest BCUT2D eigenvalue weighted by Crippen LogP contribution is 2.37. The van der Waals surface area contributed by atoms with Crippen molar-refractivity contribution in [3.63, 3.8) is 0 Å². The summed E-state index contributed by atoms with van der Waals surface area (Å²) in [6.07, 6.45) is 4.58. The Labute approximate surface area is 180 Å². The van der Waals surface area contributed by atoms with Gasteiger partial charge in [-0.15, -0.1) is 0 Å². The van der Waals surface area contributed by atoms with Crippen molar-refractivity contribution in [2.24, 2.45) is 0 Å². The van der Waals surface area contributed by atoms with Crippen LogP contribution in [0.5, 0.6) is 0 Å². The Kier molecular flexibility index (Phi) is 5.14. The van der Waals surface area contributed by atoms with E-state index >= 15 is 0 Å². The van der Waals surface area contributed by atoms with Gasteiger partial charge < -0.3 is 5.11 Å². The third kappa shape index (κ3) is 3.52. The van der Waals surface area contributed by atoms with E-state index in [1.54, 1.807) is 18.3 Å². The first kappa shape index (κ1) is 20.3. The van der Waals surface area contributed by atoms with E-state index in [0.717, 1.165) is 30.3 Å². The second-order valence-electron chi connectivity index (χ2n) is 7.49. The maximum absolute atomic E-state index is 14.7. The summed E-state index contributed by atoms with van der Waals surface area (Å²) in [7, 11) is 0. The molecule has 4 aromatic rings. The Morgan fingerprint density at radius 1 is 1.03 bits per heavy atom. The molecular formula is C22H17F3N6O. The number of aliphatic hydroxyl groups is 1. The Bertz CT molecular complexity index is 1290. The van der Waals surface area contributed by atoms with Crippen LogP contribution in [-0.2, 0) is 13.0 Å². The standard InChI is InChI=1S/C22H17F3N6O/c23-15-5-2-6-16(24)19(15)18-9-12-3-1-4-14(20(12)29-28-18)21-17(25)10-26-22(27-21)31-8-7-13(11-32)30-31/h2,5-10,14,32H,1,3-4,11H2. The molecule has 0 spiro atoms. The number of aryl methyl sites for hydroxylation is 1. The van der Waals surface area contributed by atoms with Crippen LogP contribution in [0.25, 0.3) is 17.2 Å². The molecule has 5 rings (SSSR count). The van der Waals surface area contributed by atoms with E-state index in [9.17, 15) is 18.3 Å². The SMILES string of the molecule is OCc1ccn(-c2ncc(F)c(C3CCCc4cc(-c5c(F)cccc5F)nnc43)n2)n1. The predicted octanol–water partition coefficient (Wildman–Crippen LogP) is 3.50. The molecule has 1 N–H and O–H groups in total. The van der Waals surface area contributed by atoms with E-state index < -0.39 is 23.4 Å². The van der Waals surface area contributed by atoms with Gasteiger partial charge in [0.05, 0.1) is 41.1 Å². The number of hydrogen-bond donors (Lipinski definition) is 1. The van der Waals surface area contributed by atoms with Crippen LogP contribution in [0.4, 0.5) is 13.2 Å². The highest BCUT2D eigenvalue weighted by Gasteiger charge is 2.29. The molecule has 0 amide bonds. The lowest BCUT2D eigenvalue weighted by Gasteiger charge is -2.24. The molecule has 0 saturated heterocycles. The summed E-state index contributed by atoms with van der Waals surface area (Å²) in [5.41, 5.74) is 1.71. The van der Waals surface area contributed by atoms with Crippen molar-refractivity contribution < 1.29 is 18.3 Å². The minimum atomic E-state index is -0.723. The van der Waals surface area contributed by atoms with Crippen molar-refractivity contribution in [2.45, 2.75) is 31.8 Å². The normalized spacial score (nSPS) is 15.6. The molecule has 0 aliphatic heterocycles. The number of benzene rings is 1. The van der Waals surface area contributed by atoms with E-state index in [1.807, 2.05) is 0 Å². The Morgan fingerprint density at radius 2 is 1.84 bits per heavy atom. The molecule has 32 heavy (non-hydrogen) atoms. The minimum absolute atomic E-state index is 0.0944. The van der Waals surface area contributed by atoms with Gasteiger partial charge in [0.25, 0.3) is 5.95 Å². The maximum atomic E-state index is 14.7. The number of halogens is 3. The zero-order valence-electron chi connectivity index (χ0n) is 16.7. The van der Waals surface area contributed by atoms with Crippen molar-refractivity contribution in [1.82, 2.24) is 29.9 Å². The zero-order valence-corrected chi connectivity index (χ0v) is 16.7. The Balaban J connectivity index is 1.55. The molecule has 7 nitrogen and oxygen atoms in total. The van der Waals surface area contributed by atoms with Crippen LogP contribution in [0.2, 0.25) is 0 Å². The van der Waals surface area contributed by atoms with Gasteiger partial charge in [0.1, 0.15) is 11.6 Å². The van der Waals surface area contributed by atoms with Crippen LogP contribution in [0.1, 0.15) is 41.4 Å². The Hall–Kier alpha value is -3.66. The largest absolute Gasteiger partial charge is 0.390 e. The summed E-state index contributed by atoms with van der Waals surface area (Å²) >= 11 is 0. The van der Waals surface area contributed by atoms with Crippen LogP contribution in [0.3, 0.4) is 0 Å². The van der Waals surface area contributed by atoms with Gasteiger partial charge >= 0.3 is 0 Å². The number of aromatic nitrogens is 6. The van der Waals surface area contributed by atoms with Crippen LogP contribution in [0, 0.1) is 17.5 Å². The molecule has 0 bridgehead atoms. The van der Waals surface area contributed by atoms with Gasteiger partial charge in [0.2, 0.25) is 0 Å². The molecule has 1 aliphatic carbocycles. The molecule has 10 heteroatoms. The van der Waals surface area contributed by atoms with Crippen LogP contribution in [0.15, 0.2) is 42.7 Å². The number of rotatable bonds is 4. The molecule has 0 radical (unpaired) electrons. The third-order valence-electron chi connectivity index (χ3n) is 5.49. The molecular weight excluding hydrogens is 421 g/mol. The van der Waals surface area contributed by atoms with E-state index in [-0.39, 0.29) is 29.5 Å². The fourth-order valence-electron chi connectivity index (χ4n) is 3.98. The van der Waals surface area contributed by atoms with Gasteiger partial charge in [-0.1, -0.05) is 6.07 Å². The van der Waals surface area contributed by atoms with E-state index in [0.29, 0.717) is 24.2 Å². The monoisotopic (exact) mass is 438 g/mol. The second kappa shape index (κ2) is 8.12. The lowest BCUT2D eigenvalue weighted by molar-refractivity contribution is 0.276. The fourth-order valence-corrected chi connectivity index (χ4v) is 3.98. The molecule has 0 fully saturated rings. The molecule has 162 valence electrons. The molecule has 0 saturated carbocycles. The van der Waals surface area contributed by atoms with Crippen LogP contribution < -0.4 is 0 Å². The first-order chi connectivity index (χ1) is 15.5. The summed E-state index contributed by atoms with van der Waals surface area (Å²) in [6, 6.07) is 6.83. The van der Waals surface area contributed by atoms with Crippen molar-refractivity contribution in [3.05, 3.63) is 82.8 Å². The molecule has 1 aromatic carbocycles. The van der Waals surface area contributed by atoms with Crippen LogP contribution >= 0.6 is 0 Å². The summed E-state index contributed by atoms with van der Waals surface area (Å²) in [5, 5.41) is 21.6. The van der Waals surface area contributed by atoms with E-state index in [4.69, 9.17) is 0 Å². The van der Waals surface area contributed by atoms with Gasteiger partial charge in [0, 0.05) is 12.1 Å². The van der Waals surface area contributed by atoms with E-state index in [1.165, 1.54) is 10.7 Å². The first-order valence-electron chi connectivity index (χ1n) is 10.0. The van der Waals surface area contributed by atoms with Crippen molar-refractivity contribution in [3.8, 4) is 17.2 Å². The number of fused-ring (bicyclic) bond motifs is 1. The van der Waals surface area contributed by atoms with Crippen molar-refractivity contribution in [2.75, 3.05) is 0 Å². The second-order valence-corrected chi connectivity index (χ2v) is 7.49. The quantitative estimate of drug-likeness (QED) is 0.525. The minimum Gasteiger partial charge on any atom is -0.390 e. The van der Waals surface area contributed by atoms with Gasteiger partial charge in [0.15, 0.2) is 5.82 Å². The van der Waals surface area contributed by atoms with Gasteiger partial charge in [-0.25, -0.2) is 27.8 Å². The zero-order chi connectivity index (χ0) is 22.2. The molecule has 1 unspecified atom stereocenters. The molecule has 3 aromatic heterocycles. The first-order valence-corrected chi connectivity index (χ1v) is 10.0. The molecule has 3 heterocycles. The molecule has 1 aliphatic rings. The highest BCUT2D eigenvalue weighted by molar-refractivity contribution is 5.61. The maximum Gasteiger partial charge on any atom is 0.250 e. The average Bonchev–Trinajstić information content (AvgIpc) is 3.28. The lowest BCUT2D eigenvalue weighted by atomic mass is 9.84. The summed E-state index contributed by atoms with van der Waals surface area (Å²) in [4.78, 5) is 8.36. The molecule has 1 atom stereocenters. The average molecular weight is 438 g/mol. The highest BCUT2D eigenvalue weighted by atomic mass is 19.1. The number of nitrogens with zero attached hydrogens (tertiary/aromatic N) is 6. The van der Waals surface area contributed by atoms with Crippen molar-refractivity contribution >= 4 is 0 Å². The summed E-state index contributed by atoms with van der Waals surface area (Å²) < 4.78 is 44.5. The topological polar surface area (TPSA) is 89.6 Å². The number of hydrogen-bond acceptors (Lipinski definition) is 6. The summed E-state index contributed by atoms with van der Waals surface area (Å²) in [6.45, 7) is -0.239. The van der Waals surface area contributed by atoms with Gasteiger partial charge in [-0.05, 0) is 49.1 Å².